The molecule has 5 nitrogen and oxygen atoms in total. The van der Waals surface area contributed by atoms with Gasteiger partial charge < -0.3 is 5.73 Å². The van der Waals surface area contributed by atoms with Crippen molar-refractivity contribution in [3.8, 4) is 17.1 Å². The summed E-state index contributed by atoms with van der Waals surface area (Å²) in [6.07, 6.45) is 0. The van der Waals surface area contributed by atoms with Crippen LogP contribution in [0.15, 0.2) is 42.5 Å². The van der Waals surface area contributed by atoms with Crippen molar-refractivity contribution in [2.75, 3.05) is 5.73 Å². The van der Waals surface area contributed by atoms with E-state index in [9.17, 15) is 0 Å². The molecule has 7 heteroatoms. The summed E-state index contributed by atoms with van der Waals surface area (Å²) < 4.78 is 1.59. The molecule has 0 atom stereocenters. The van der Waals surface area contributed by atoms with Gasteiger partial charge in [-0.25, -0.2) is 0 Å². The van der Waals surface area contributed by atoms with Gasteiger partial charge >= 0.3 is 0 Å². The minimum absolute atomic E-state index is 0.447. The number of anilines is 1. The topological polar surface area (TPSA) is 69.6 Å². The average Bonchev–Trinajstić information content (AvgIpc) is 2.92. The monoisotopic (exact) mass is 305 g/mol. The normalized spacial score (nSPS) is 10.7. The van der Waals surface area contributed by atoms with E-state index in [0.717, 1.165) is 11.3 Å². The summed E-state index contributed by atoms with van der Waals surface area (Å²) in [4.78, 5) is 0. The van der Waals surface area contributed by atoms with Crippen molar-refractivity contribution in [1.82, 2.24) is 20.2 Å². The van der Waals surface area contributed by atoms with Crippen molar-refractivity contribution in [1.29, 1.82) is 0 Å². The van der Waals surface area contributed by atoms with Crippen LogP contribution < -0.4 is 5.73 Å². The Labute approximate surface area is 124 Å². The Bertz CT molecular complexity index is 752. The van der Waals surface area contributed by atoms with Crippen LogP contribution in [-0.2, 0) is 0 Å². The number of nitrogens with two attached hydrogens (primary N) is 1. The van der Waals surface area contributed by atoms with Crippen LogP contribution in [0.25, 0.3) is 17.1 Å². The van der Waals surface area contributed by atoms with E-state index >= 15 is 0 Å². The molecule has 20 heavy (non-hydrogen) atoms. The fraction of sp³-hybridized carbons (Fsp3) is 0. The molecule has 1 heterocycles. The van der Waals surface area contributed by atoms with Gasteiger partial charge in [0.1, 0.15) is 0 Å². The first kappa shape index (κ1) is 12.9. The standard InChI is InChI=1S/C13H9Cl2N5/c14-11-6-5-10(7-12(11)15)20-13(17-18-19-20)8-1-3-9(16)4-2-8/h1-7H,16H2. The third-order valence-electron chi connectivity index (χ3n) is 2.79. The van der Waals surface area contributed by atoms with Gasteiger partial charge in [-0.05, 0) is 52.9 Å². The third-order valence-corrected chi connectivity index (χ3v) is 3.53. The third kappa shape index (κ3) is 2.33. The predicted octanol–water partition coefficient (Wildman–Crippen LogP) is 3.22. The molecule has 3 rings (SSSR count). The zero-order valence-corrected chi connectivity index (χ0v) is 11.7. The Kier molecular flexibility index (Phi) is 3.30. The van der Waals surface area contributed by atoms with Gasteiger partial charge in [-0.15, -0.1) is 5.10 Å². The Morgan fingerprint density at radius 2 is 1.70 bits per heavy atom. The highest BCUT2D eigenvalue weighted by molar-refractivity contribution is 6.42. The maximum absolute atomic E-state index is 6.02. The second-order valence-electron chi connectivity index (χ2n) is 4.13. The largest absolute Gasteiger partial charge is 0.399 e. The highest BCUT2D eigenvalue weighted by Gasteiger charge is 2.11. The first-order valence-corrected chi connectivity index (χ1v) is 6.50. The first-order valence-electron chi connectivity index (χ1n) is 5.75. The van der Waals surface area contributed by atoms with Crippen LogP contribution in [0.2, 0.25) is 10.0 Å². The van der Waals surface area contributed by atoms with Crippen LogP contribution in [0.5, 0.6) is 0 Å². The van der Waals surface area contributed by atoms with Crippen LogP contribution in [0.3, 0.4) is 0 Å². The number of benzene rings is 2. The highest BCUT2D eigenvalue weighted by Crippen LogP contribution is 2.26. The summed E-state index contributed by atoms with van der Waals surface area (Å²) in [6, 6.07) is 12.5. The summed E-state index contributed by atoms with van der Waals surface area (Å²) in [5.74, 6) is 0.600. The summed E-state index contributed by atoms with van der Waals surface area (Å²) in [5, 5.41) is 12.6. The van der Waals surface area contributed by atoms with Gasteiger partial charge in [-0.1, -0.05) is 23.2 Å². The molecule has 2 aromatic carbocycles. The van der Waals surface area contributed by atoms with E-state index in [1.165, 1.54) is 0 Å². The van der Waals surface area contributed by atoms with Crippen LogP contribution in [0.4, 0.5) is 5.69 Å². The van der Waals surface area contributed by atoms with Gasteiger partial charge in [-0.3, -0.25) is 0 Å². The second-order valence-corrected chi connectivity index (χ2v) is 4.95. The summed E-state index contributed by atoms with van der Waals surface area (Å²) in [7, 11) is 0. The molecule has 0 saturated carbocycles. The fourth-order valence-corrected chi connectivity index (χ4v) is 2.08. The molecule has 0 spiro atoms. The Morgan fingerprint density at radius 1 is 0.950 bits per heavy atom. The number of halogens is 2. The Balaban J connectivity index is 2.10. The lowest BCUT2D eigenvalue weighted by Crippen LogP contribution is -2.00. The highest BCUT2D eigenvalue weighted by atomic mass is 35.5. The SMILES string of the molecule is Nc1ccc(-c2nnnn2-c2ccc(Cl)c(Cl)c2)cc1. The molecule has 0 saturated heterocycles. The van der Waals surface area contributed by atoms with E-state index < -0.39 is 0 Å². The summed E-state index contributed by atoms with van der Waals surface area (Å²) >= 11 is 11.9. The van der Waals surface area contributed by atoms with E-state index in [2.05, 4.69) is 15.5 Å². The van der Waals surface area contributed by atoms with Gasteiger partial charge in [0, 0.05) is 11.3 Å². The summed E-state index contributed by atoms with van der Waals surface area (Å²) in [6.45, 7) is 0. The number of hydrogen-bond acceptors (Lipinski definition) is 4. The van der Waals surface area contributed by atoms with E-state index in [1.807, 2.05) is 12.1 Å². The molecule has 0 aliphatic rings. The molecule has 0 aliphatic carbocycles. The molecule has 0 fully saturated rings. The second kappa shape index (κ2) is 5.11. The van der Waals surface area contributed by atoms with Crippen molar-refractivity contribution in [3.05, 3.63) is 52.5 Å². The minimum atomic E-state index is 0.447. The molecule has 100 valence electrons. The zero-order valence-electron chi connectivity index (χ0n) is 10.2. The number of tetrazole rings is 1. The molecule has 0 radical (unpaired) electrons. The fourth-order valence-electron chi connectivity index (χ4n) is 1.79. The van der Waals surface area contributed by atoms with Crippen LogP contribution in [-0.4, -0.2) is 20.2 Å². The van der Waals surface area contributed by atoms with Gasteiger partial charge in [-0.2, -0.15) is 4.68 Å². The molecule has 0 amide bonds. The van der Waals surface area contributed by atoms with E-state index in [-0.39, 0.29) is 0 Å². The van der Waals surface area contributed by atoms with Crippen LogP contribution in [0, 0.1) is 0 Å². The smallest absolute Gasteiger partial charge is 0.187 e. The van der Waals surface area contributed by atoms with Gasteiger partial charge in [0.2, 0.25) is 0 Å². The molecule has 0 bridgehead atoms. The van der Waals surface area contributed by atoms with Crippen molar-refractivity contribution < 1.29 is 0 Å². The maximum atomic E-state index is 6.02. The van der Waals surface area contributed by atoms with Crippen molar-refractivity contribution in [2.45, 2.75) is 0 Å². The molecular formula is C13H9Cl2N5. The lowest BCUT2D eigenvalue weighted by molar-refractivity contribution is 0.791. The number of nitrogens with zero attached hydrogens (tertiary/aromatic N) is 4. The predicted molar refractivity (Wildman–Crippen MR) is 79.0 cm³/mol. The Morgan fingerprint density at radius 3 is 2.40 bits per heavy atom. The first-order chi connectivity index (χ1) is 9.65. The number of aromatic nitrogens is 4. The van der Waals surface area contributed by atoms with Gasteiger partial charge in [0.05, 0.1) is 15.7 Å². The number of hydrogen-bond donors (Lipinski definition) is 1. The molecular weight excluding hydrogens is 297 g/mol. The van der Waals surface area contributed by atoms with Crippen LogP contribution in [0.1, 0.15) is 0 Å². The van der Waals surface area contributed by atoms with Crippen LogP contribution >= 0.6 is 23.2 Å². The van der Waals surface area contributed by atoms with Crippen molar-refractivity contribution in [2.24, 2.45) is 0 Å². The number of rotatable bonds is 2. The molecule has 1 aromatic heterocycles. The summed E-state index contributed by atoms with van der Waals surface area (Å²) in [5.41, 5.74) is 7.95. The van der Waals surface area contributed by atoms with Crippen molar-refractivity contribution >= 4 is 28.9 Å². The zero-order chi connectivity index (χ0) is 14.1. The van der Waals surface area contributed by atoms with Gasteiger partial charge in [0.15, 0.2) is 5.82 Å². The van der Waals surface area contributed by atoms with E-state index in [1.54, 1.807) is 35.0 Å². The lowest BCUT2D eigenvalue weighted by Gasteiger charge is -2.06. The minimum Gasteiger partial charge on any atom is -0.399 e. The lowest BCUT2D eigenvalue weighted by atomic mass is 10.2. The average molecular weight is 306 g/mol. The molecule has 3 aromatic rings. The molecule has 0 aliphatic heterocycles. The molecule has 2 N–H and O–H groups in total. The Hall–Kier alpha value is -2.11. The van der Waals surface area contributed by atoms with E-state index in [4.69, 9.17) is 28.9 Å². The van der Waals surface area contributed by atoms with Crippen molar-refractivity contribution in [3.63, 3.8) is 0 Å². The quantitative estimate of drug-likeness (QED) is 0.738. The van der Waals surface area contributed by atoms with E-state index in [0.29, 0.717) is 21.6 Å². The number of nitrogen functional groups attached to an aromatic ring is 1. The van der Waals surface area contributed by atoms with Gasteiger partial charge in [0.25, 0.3) is 0 Å². The molecule has 0 unspecified atom stereocenters. The maximum Gasteiger partial charge on any atom is 0.187 e.